The van der Waals surface area contributed by atoms with Gasteiger partial charge in [-0.25, -0.2) is 18.3 Å². The van der Waals surface area contributed by atoms with Gasteiger partial charge in [0.05, 0.1) is 12.6 Å². The zero-order valence-corrected chi connectivity index (χ0v) is 19.9. The number of unbranched alkanes of at least 4 members (excludes halogenated alkanes) is 1. The summed E-state index contributed by atoms with van der Waals surface area (Å²) in [6.07, 6.45) is 5.16. The molecule has 0 aliphatic rings. The number of amides is 2. The van der Waals surface area contributed by atoms with Crippen molar-refractivity contribution in [2.24, 2.45) is 0 Å². The van der Waals surface area contributed by atoms with E-state index in [1.807, 2.05) is 6.92 Å². The summed E-state index contributed by atoms with van der Waals surface area (Å²) in [5.74, 6) is -0.150. The molecule has 1 aromatic heterocycles. The summed E-state index contributed by atoms with van der Waals surface area (Å²) in [6, 6.07) is 5.04. The monoisotopic (exact) mass is 482 g/mol. The van der Waals surface area contributed by atoms with Crippen molar-refractivity contribution in [1.82, 2.24) is 13.9 Å². The van der Waals surface area contributed by atoms with E-state index < -0.39 is 23.3 Å². The molecule has 9 nitrogen and oxygen atoms in total. The number of aromatic nitrogens is 2. The van der Waals surface area contributed by atoms with E-state index in [4.69, 9.17) is 16.3 Å². The summed E-state index contributed by atoms with van der Waals surface area (Å²) in [7, 11) is 0. The minimum atomic E-state index is -2.51. The maximum Gasteiger partial charge on any atom is 0.411 e. The van der Waals surface area contributed by atoms with E-state index in [-0.39, 0.29) is 11.8 Å². The molecule has 0 bridgehead atoms. The lowest BCUT2D eigenvalue weighted by molar-refractivity contribution is 0.0891. The number of carbonyl (C=O) groups excluding carboxylic acids is 2. The van der Waals surface area contributed by atoms with Gasteiger partial charge in [0.2, 0.25) is 0 Å². The fourth-order valence-electron chi connectivity index (χ4n) is 2.71. The van der Waals surface area contributed by atoms with E-state index in [2.05, 4.69) is 10.3 Å². The van der Waals surface area contributed by atoms with Crippen LogP contribution in [0.25, 0.3) is 0 Å². The van der Waals surface area contributed by atoms with E-state index in [9.17, 15) is 18.4 Å². The van der Waals surface area contributed by atoms with E-state index in [1.54, 1.807) is 49.6 Å². The van der Waals surface area contributed by atoms with Crippen LogP contribution in [0.5, 0.6) is 0 Å². The van der Waals surface area contributed by atoms with E-state index in [1.165, 1.54) is 12.4 Å². The molecule has 0 aliphatic heterocycles. The summed E-state index contributed by atoms with van der Waals surface area (Å²) in [6.45, 7) is 7.50. The molecule has 0 saturated carbocycles. The molecule has 0 fully saturated rings. The number of ether oxygens (including phenoxy) is 1. The Morgan fingerprint density at radius 3 is 2.72 bits per heavy atom. The number of halogens is 1. The fourth-order valence-corrected chi connectivity index (χ4v) is 3.38. The van der Waals surface area contributed by atoms with Crippen LogP contribution in [-0.2, 0) is 22.5 Å². The maximum atomic E-state index is 12.7. The molecular weight excluding hydrogens is 456 g/mol. The van der Waals surface area contributed by atoms with Crippen molar-refractivity contribution in [3.63, 3.8) is 0 Å². The number of rotatable bonds is 9. The minimum Gasteiger partial charge on any atom is -0.447 e. The van der Waals surface area contributed by atoms with Crippen molar-refractivity contribution >= 4 is 40.6 Å². The van der Waals surface area contributed by atoms with Gasteiger partial charge in [0.15, 0.2) is 0 Å². The normalized spacial score (nSPS) is 12.2. The molecule has 2 amide bonds. The molecule has 0 saturated heterocycles. The summed E-state index contributed by atoms with van der Waals surface area (Å²) in [5.41, 5.74) is 1.26. The average Bonchev–Trinajstić information content (AvgIpc) is 3.06. The van der Waals surface area contributed by atoms with Crippen molar-refractivity contribution in [3.8, 4) is 0 Å². The highest BCUT2D eigenvalue weighted by molar-refractivity contribution is 7.77. The molecule has 1 aromatic carbocycles. The van der Waals surface area contributed by atoms with Gasteiger partial charge in [0.1, 0.15) is 11.5 Å². The minimum absolute atomic E-state index is 0.0388. The van der Waals surface area contributed by atoms with Gasteiger partial charge in [0.25, 0.3) is 17.2 Å². The lowest BCUT2D eigenvalue weighted by atomic mass is 10.2. The molecular formula is C21H27ClN4O5S. The number of benzene rings is 1. The highest BCUT2D eigenvalue weighted by Gasteiger charge is 2.22. The number of anilines is 1. The number of hydrogen-bond acceptors (Lipinski definition) is 5. The fraction of sp³-hybridized carbons (Fsp3) is 0.381. The first-order valence-electron chi connectivity index (χ1n) is 10.0. The van der Waals surface area contributed by atoms with Crippen LogP contribution in [0.4, 0.5) is 10.5 Å². The Kier molecular flexibility index (Phi) is 9.42. The van der Waals surface area contributed by atoms with Gasteiger partial charge in [-0.2, -0.15) is 0 Å². The molecule has 174 valence electrons. The third kappa shape index (κ3) is 7.18. The second-order valence-corrected chi connectivity index (χ2v) is 8.48. The zero-order valence-electron chi connectivity index (χ0n) is 18.4. The van der Waals surface area contributed by atoms with Crippen molar-refractivity contribution in [2.75, 3.05) is 5.32 Å². The Hall–Kier alpha value is -2.69. The van der Waals surface area contributed by atoms with Crippen LogP contribution in [0.3, 0.4) is 0 Å². The molecule has 0 radical (unpaired) electrons. The first kappa shape index (κ1) is 25.6. The molecule has 32 heavy (non-hydrogen) atoms. The Bertz CT molecular complexity index is 1020. The van der Waals surface area contributed by atoms with Gasteiger partial charge in [-0.15, -0.1) is 0 Å². The number of allylic oxidation sites excluding steroid dienone is 1. The Morgan fingerprint density at radius 2 is 2.12 bits per heavy atom. The molecule has 0 spiro atoms. The number of carbonyl (C=O) groups is 2. The molecule has 0 aliphatic carbocycles. The molecule has 11 heteroatoms. The Balaban J connectivity index is 2.17. The third-order valence-corrected chi connectivity index (χ3v) is 5.22. The number of hydrogen-bond donors (Lipinski definition) is 2. The predicted octanol–water partition coefficient (Wildman–Crippen LogP) is 4.74. The lowest BCUT2D eigenvalue weighted by Crippen LogP contribution is -2.27. The van der Waals surface area contributed by atoms with Gasteiger partial charge in [-0.3, -0.25) is 14.7 Å². The van der Waals surface area contributed by atoms with Crippen LogP contribution in [0.2, 0.25) is 5.02 Å². The first-order chi connectivity index (χ1) is 15.1. The Morgan fingerprint density at radius 1 is 1.41 bits per heavy atom. The number of aryl methyl sites for hydroxylation is 1. The number of imidazole rings is 1. The SMILES string of the molecule is CCC/C=C/N(C(=O)c1cn(Cc2ccc(NC(=O)OC(C)C)cc2Cl)c(C)n1)S(=O)O. The summed E-state index contributed by atoms with van der Waals surface area (Å²) in [5, 5.41) is 3.02. The largest absolute Gasteiger partial charge is 0.447 e. The van der Waals surface area contributed by atoms with Crippen molar-refractivity contribution in [1.29, 1.82) is 0 Å². The highest BCUT2D eigenvalue weighted by Crippen LogP contribution is 2.23. The van der Waals surface area contributed by atoms with Gasteiger partial charge in [-0.05, 0) is 44.9 Å². The second-order valence-electron chi connectivity index (χ2n) is 7.22. The predicted molar refractivity (Wildman–Crippen MR) is 124 cm³/mol. The maximum absolute atomic E-state index is 12.7. The van der Waals surface area contributed by atoms with E-state index in [0.717, 1.165) is 16.3 Å². The quantitative estimate of drug-likeness (QED) is 0.499. The summed E-state index contributed by atoms with van der Waals surface area (Å²) < 4.78 is 28.5. The van der Waals surface area contributed by atoms with Gasteiger partial charge in [0, 0.05) is 23.1 Å². The zero-order chi connectivity index (χ0) is 23.8. The molecule has 2 aromatic rings. The lowest BCUT2D eigenvalue weighted by Gasteiger charge is -2.12. The number of nitrogens with one attached hydrogen (secondary N) is 1. The first-order valence-corrected chi connectivity index (χ1v) is 11.5. The molecule has 1 heterocycles. The molecule has 2 N–H and O–H groups in total. The smallest absolute Gasteiger partial charge is 0.411 e. The second kappa shape index (κ2) is 11.8. The van der Waals surface area contributed by atoms with Crippen LogP contribution in [0.1, 0.15) is 55.5 Å². The number of nitrogens with zero attached hydrogens (tertiary/aromatic N) is 3. The standard InChI is InChI=1S/C21H27ClN4O5S/c1-5-6-7-10-26(32(29)30)20(27)19-13-25(15(4)23-19)12-16-8-9-17(11-18(16)22)24-21(28)31-14(2)3/h7-11,13-14H,5-6,12H2,1-4H3,(H,24,28)(H,29,30)/b10-7+. The van der Waals surface area contributed by atoms with Gasteiger partial charge in [-0.1, -0.05) is 37.1 Å². The van der Waals surface area contributed by atoms with Crippen LogP contribution in [0, 0.1) is 6.92 Å². The molecule has 1 atom stereocenters. The van der Waals surface area contributed by atoms with Crippen molar-refractivity contribution in [3.05, 3.63) is 58.8 Å². The van der Waals surface area contributed by atoms with Crippen LogP contribution in [-0.4, -0.2) is 40.7 Å². The van der Waals surface area contributed by atoms with Gasteiger partial charge >= 0.3 is 6.09 Å². The Labute approximate surface area is 194 Å². The van der Waals surface area contributed by atoms with Gasteiger partial charge < -0.3 is 9.30 Å². The molecule has 2 rings (SSSR count). The van der Waals surface area contributed by atoms with Crippen molar-refractivity contribution < 1.29 is 23.1 Å². The van der Waals surface area contributed by atoms with E-state index in [0.29, 0.717) is 29.5 Å². The van der Waals surface area contributed by atoms with E-state index >= 15 is 0 Å². The van der Waals surface area contributed by atoms with Crippen LogP contribution >= 0.6 is 11.6 Å². The summed E-state index contributed by atoms with van der Waals surface area (Å²) in [4.78, 5) is 28.6. The third-order valence-electron chi connectivity index (χ3n) is 4.24. The average molecular weight is 483 g/mol. The van der Waals surface area contributed by atoms with Crippen LogP contribution < -0.4 is 5.32 Å². The summed E-state index contributed by atoms with van der Waals surface area (Å²) >= 11 is 3.86. The van der Waals surface area contributed by atoms with Crippen LogP contribution in [0.15, 0.2) is 36.7 Å². The topological polar surface area (TPSA) is 114 Å². The molecule has 1 unspecified atom stereocenters. The highest BCUT2D eigenvalue weighted by atomic mass is 35.5. The van der Waals surface area contributed by atoms with Crippen molar-refractivity contribution in [2.45, 2.75) is 53.2 Å².